The van der Waals surface area contributed by atoms with Crippen molar-refractivity contribution >= 4 is 12.0 Å². The van der Waals surface area contributed by atoms with Crippen molar-refractivity contribution in [1.29, 1.82) is 0 Å². The molecule has 1 aliphatic carbocycles. The van der Waals surface area contributed by atoms with Crippen molar-refractivity contribution in [2.24, 2.45) is 0 Å². The second kappa shape index (κ2) is 9.38. The number of amides is 2. The van der Waals surface area contributed by atoms with Crippen LogP contribution in [0, 0.1) is 0 Å². The molecule has 1 saturated carbocycles. The van der Waals surface area contributed by atoms with Crippen LogP contribution in [-0.4, -0.2) is 48.7 Å². The SMILES string of the molecule is CCC[C@H](NC(=O)OC(C)(C)C)C(OCC)(OCC)C(=O)NC1CC1. The highest BCUT2D eigenvalue weighted by Gasteiger charge is 2.50. The van der Waals surface area contributed by atoms with E-state index >= 15 is 0 Å². The Kier molecular flexibility index (Phi) is 8.15. The van der Waals surface area contributed by atoms with E-state index < -0.39 is 23.5 Å². The van der Waals surface area contributed by atoms with E-state index in [4.69, 9.17) is 14.2 Å². The zero-order valence-electron chi connectivity index (χ0n) is 16.4. The first-order chi connectivity index (χ1) is 11.7. The minimum absolute atomic E-state index is 0.164. The molecule has 0 aromatic carbocycles. The molecule has 1 atom stereocenters. The van der Waals surface area contributed by atoms with Gasteiger partial charge in [0.2, 0.25) is 0 Å². The number of alkyl carbamates (subject to hydrolysis) is 1. The molecule has 0 bridgehead atoms. The van der Waals surface area contributed by atoms with Gasteiger partial charge in [-0.05, 0) is 53.9 Å². The second-order valence-corrected chi connectivity index (χ2v) is 7.27. The Morgan fingerprint density at radius 2 is 1.64 bits per heavy atom. The highest BCUT2D eigenvalue weighted by atomic mass is 16.7. The normalized spacial score (nSPS) is 16.2. The predicted molar refractivity (Wildman–Crippen MR) is 95.2 cm³/mol. The molecule has 0 aromatic heterocycles. The summed E-state index contributed by atoms with van der Waals surface area (Å²) in [6.07, 6.45) is 2.60. The van der Waals surface area contributed by atoms with Crippen molar-refractivity contribution < 1.29 is 23.8 Å². The van der Waals surface area contributed by atoms with Crippen LogP contribution in [0.3, 0.4) is 0 Å². The van der Waals surface area contributed by atoms with Crippen molar-refractivity contribution in [3.63, 3.8) is 0 Å². The minimum atomic E-state index is -1.56. The molecule has 2 amide bonds. The monoisotopic (exact) mass is 358 g/mol. The molecule has 0 radical (unpaired) electrons. The average Bonchev–Trinajstić information content (AvgIpc) is 3.28. The summed E-state index contributed by atoms with van der Waals surface area (Å²) >= 11 is 0. The summed E-state index contributed by atoms with van der Waals surface area (Å²) in [6.45, 7) is 11.5. The van der Waals surface area contributed by atoms with Crippen molar-refractivity contribution in [2.75, 3.05) is 13.2 Å². The first-order valence-electron chi connectivity index (χ1n) is 9.26. The topological polar surface area (TPSA) is 85.9 Å². The van der Waals surface area contributed by atoms with Crippen molar-refractivity contribution in [1.82, 2.24) is 10.6 Å². The van der Waals surface area contributed by atoms with Gasteiger partial charge in [0, 0.05) is 19.3 Å². The van der Waals surface area contributed by atoms with Crippen molar-refractivity contribution in [2.45, 2.75) is 90.7 Å². The van der Waals surface area contributed by atoms with E-state index in [0.717, 1.165) is 19.3 Å². The zero-order valence-corrected chi connectivity index (χ0v) is 16.4. The number of ether oxygens (including phenoxy) is 3. The molecule has 1 rings (SSSR count). The van der Waals surface area contributed by atoms with Gasteiger partial charge in [-0.15, -0.1) is 0 Å². The summed E-state index contributed by atoms with van der Waals surface area (Å²) in [7, 11) is 0. The first-order valence-corrected chi connectivity index (χ1v) is 9.26. The minimum Gasteiger partial charge on any atom is -0.444 e. The molecule has 146 valence electrons. The largest absolute Gasteiger partial charge is 0.444 e. The molecule has 25 heavy (non-hydrogen) atoms. The van der Waals surface area contributed by atoms with Crippen LogP contribution in [0.1, 0.15) is 67.2 Å². The van der Waals surface area contributed by atoms with Crippen LogP contribution >= 0.6 is 0 Å². The van der Waals surface area contributed by atoms with Crippen molar-refractivity contribution in [3.8, 4) is 0 Å². The molecule has 0 heterocycles. The number of rotatable bonds is 10. The van der Waals surface area contributed by atoms with E-state index in [-0.39, 0.29) is 25.2 Å². The third-order valence-corrected chi connectivity index (χ3v) is 3.67. The van der Waals surface area contributed by atoms with E-state index in [2.05, 4.69) is 10.6 Å². The molecule has 7 heteroatoms. The summed E-state index contributed by atoms with van der Waals surface area (Å²) in [5.74, 6) is -1.90. The van der Waals surface area contributed by atoms with Gasteiger partial charge in [-0.2, -0.15) is 0 Å². The lowest BCUT2D eigenvalue weighted by Crippen LogP contribution is -2.64. The summed E-state index contributed by atoms with van der Waals surface area (Å²) in [5, 5.41) is 5.73. The highest BCUT2D eigenvalue weighted by molar-refractivity contribution is 5.86. The lowest BCUT2D eigenvalue weighted by Gasteiger charge is -2.38. The van der Waals surface area contributed by atoms with E-state index in [1.165, 1.54) is 0 Å². The third kappa shape index (κ3) is 6.82. The summed E-state index contributed by atoms with van der Waals surface area (Å²) in [6, 6.07) is -0.484. The Balaban J connectivity index is 3.04. The van der Waals surface area contributed by atoms with E-state index in [9.17, 15) is 9.59 Å². The molecule has 2 N–H and O–H groups in total. The molecular formula is C18H34N2O5. The molecule has 1 aliphatic rings. The smallest absolute Gasteiger partial charge is 0.408 e. The second-order valence-electron chi connectivity index (χ2n) is 7.27. The van der Waals surface area contributed by atoms with Gasteiger partial charge in [0.1, 0.15) is 5.60 Å². The lowest BCUT2D eigenvalue weighted by molar-refractivity contribution is -0.240. The maximum absolute atomic E-state index is 12.9. The van der Waals surface area contributed by atoms with E-state index in [1.54, 1.807) is 34.6 Å². The van der Waals surface area contributed by atoms with E-state index in [0.29, 0.717) is 6.42 Å². The zero-order chi connectivity index (χ0) is 19.1. The maximum Gasteiger partial charge on any atom is 0.408 e. The van der Waals surface area contributed by atoms with E-state index in [1.807, 2.05) is 6.92 Å². The van der Waals surface area contributed by atoms with Gasteiger partial charge in [-0.25, -0.2) is 4.79 Å². The highest BCUT2D eigenvalue weighted by Crippen LogP contribution is 2.27. The standard InChI is InChI=1S/C18H34N2O5/c1-7-10-14(20-16(22)25-17(4,5)6)18(23-8-2,24-9-3)15(21)19-13-11-12-13/h13-14H,7-12H2,1-6H3,(H,19,21)(H,20,22)/t14-/m0/s1. The number of carbonyl (C=O) groups excluding carboxylic acids is 2. The van der Waals surface area contributed by atoms with Crippen LogP contribution in [-0.2, 0) is 19.0 Å². The Bertz CT molecular complexity index is 437. The Labute approximate surface area is 151 Å². The molecule has 0 aliphatic heterocycles. The van der Waals surface area contributed by atoms with Crippen LogP contribution in [0.5, 0.6) is 0 Å². The summed E-state index contributed by atoms with van der Waals surface area (Å²) in [5.41, 5.74) is -0.628. The number of nitrogens with one attached hydrogen (secondary N) is 2. The lowest BCUT2D eigenvalue weighted by atomic mass is 10.0. The quantitative estimate of drug-likeness (QED) is 0.587. The van der Waals surface area contributed by atoms with Crippen LogP contribution in [0.4, 0.5) is 4.79 Å². The molecule has 0 saturated heterocycles. The van der Waals surface area contributed by atoms with Crippen LogP contribution in [0.15, 0.2) is 0 Å². The van der Waals surface area contributed by atoms with Crippen molar-refractivity contribution in [3.05, 3.63) is 0 Å². The van der Waals surface area contributed by atoms with Crippen LogP contribution in [0.2, 0.25) is 0 Å². The Morgan fingerprint density at radius 1 is 1.08 bits per heavy atom. The first kappa shape index (κ1) is 21.7. The molecule has 7 nitrogen and oxygen atoms in total. The molecule has 1 fully saturated rings. The van der Waals surface area contributed by atoms with Gasteiger partial charge < -0.3 is 24.8 Å². The van der Waals surface area contributed by atoms with Gasteiger partial charge in [0.25, 0.3) is 11.7 Å². The Hall–Kier alpha value is -1.34. The van der Waals surface area contributed by atoms with Crippen LogP contribution in [0.25, 0.3) is 0 Å². The number of hydrogen-bond acceptors (Lipinski definition) is 5. The predicted octanol–water partition coefficient (Wildman–Crippen LogP) is 2.73. The average molecular weight is 358 g/mol. The fourth-order valence-corrected chi connectivity index (χ4v) is 2.57. The van der Waals surface area contributed by atoms with Gasteiger partial charge in [-0.1, -0.05) is 13.3 Å². The summed E-state index contributed by atoms with van der Waals surface area (Å²) in [4.78, 5) is 25.2. The number of carbonyl (C=O) groups is 2. The van der Waals surface area contributed by atoms with Gasteiger partial charge in [-0.3, -0.25) is 4.79 Å². The van der Waals surface area contributed by atoms with Crippen LogP contribution < -0.4 is 10.6 Å². The van der Waals surface area contributed by atoms with Gasteiger partial charge in [0.15, 0.2) is 0 Å². The summed E-state index contributed by atoms with van der Waals surface area (Å²) < 4.78 is 16.9. The molecular weight excluding hydrogens is 324 g/mol. The van der Waals surface area contributed by atoms with Gasteiger partial charge in [0.05, 0.1) is 6.04 Å². The van der Waals surface area contributed by atoms with Gasteiger partial charge >= 0.3 is 6.09 Å². The molecule has 0 aromatic rings. The fraction of sp³-hybridized carbons (Fsp3) is 0.889. The molecule has 0 unspecified atom stereocenters. The molecule has 0 spiro atoms. The maximum atomic E-state index is 12.9. The third-order valence-electron chi connectivity index (χ3n) is 3.67. The Morgan fingerprint density at radius 3 is 2.04 bits per heavy atom. The fourth-order valence-electron chi connectivity index (χ4n) is 2.57. The number of hydrogen-bond donors (Lipinski definition) is 2.